The normalized spacial score (nSPS) is 10.9. The van der Waals surface area contributed by atoms with Crippen molar-refractivity contribution >= 4 is 39.4 Å². The summed E-state index contributed by atoms with van der Waals surface area (Å²) in [6, 6.07) is 12.8. The zero-order chi connectivity index (χ0) is 12.3. The molecule has 0 aromatic heterocycles. The number of aromatic hydroxyl groups is 1. The third-order valence-electron chi connectivity index (χ3n) is 2.17. The highest BCUT2D eigenvalue weighted by Crippen LogP contribution is 2.30. The number of aliphatic imine (C=N–C) groups is 1. The Hall–Kier alpha value is -1.32. The minimum absolute atomic E-state index is 0.133. The molecule has 0 aliphatic heterocycles. The van der Waals surface area contributed by atoms with Crippen LogP contribution in [0.15, 0.2) is 51.9 Å². The molecule has 0 atom stereocenters. The van der Waals surface area contributed by atoms with E-state index in [0.29, 0.717) is 15.1 Å². The van der Waals surface area contributed by atoms with E-state index in [9.17, 15) is 5.11 Å². The number of para-hydroxylation sites is 1. The van der Waals surface area contributed by atoms with Gasteiger partial charge in [-0.15, -0.1) is 0 Å². The van der Waals surface area contributed by atoms with Crippen molar-refractivity contribution in [2.75, 3.05) is 0 Å². The molecule has 0 fully saturated rings. The first kappa shape index (κ1) is 12.1. The van der Waals surface area contributed by atoms with Crippen molar-refractivity contribution < 1.29 is 5.11 Å². The lowest BCUT2D eigenvalue weighted by atomic mass is 10.2. The van der Waals surface area contributed by atoms with Crippen molar-refractivity contribution in [3.63, 3.8) is 0 Å². The molecular formula is C13H9BrClNO. The Morgan fingerprint density at radius 2 is 1.88 bits per heavy atom. The van der Waals surface area contributed by atoms with Crippen LogP contribution in [-0.2, 0) is 0 Å². The topological polar surface area (TPSA) is 32.6 Å². The molecule has 17 heavy (non-hydrogen) atoms. The van der Waals surface area contributed by atoms with Gasteiger partial charge in [-0.05, 0) is 40.2 Å². The third kappa shape index (κ3) is 3.08. The average Bonchev–Trinajstić information content (AvgIpc) is 2.33. The summed E-state index contributed by atoms with van der Waals surface area (Å²) in [5, 5.41) is 10.3. The third-order valence-corrected chi connectivity index (χ3v) is 2.99. The molecule has 0 amide bonds. The van der Waals surface area contributed by atoms with Crippen LogP contribution in [0.5, 0.6) is 5.75 Å². The highest BCUT2D eigenvalue weighted by atomic mass is 79.9. The molecule has 0 spiro atoms. The van der Waals surface area contributed by atoms with Gasteiger partial charge in [-0.25, -0.2) is 0 Å². The second kappa shape index (κ2) is 5.34. The van der Waals surface area contributed by atoms with Crippen LogP contribution in [0.4, 0.5) is 5.69 Å². The predicted octanol–water partition coefficient (Wildman–Crippen LogP) is 4.56. The molecule has 0 radical (unpaired) electrons. The van der Waals surface area contributed by atoms with Crippen LogP contribution in [0.2, 0.25) is 5.02 Å². The molecule has 0 heterocycles. The number of hydrogen-bond donors (Lipinski definition) is 1. The van der Waals surface area contributed by atoms with E-state index in [1.807, 2.05) is 30.3 Å². The Balaban J connectivity index is 2.33. The van der Waals surface area contributed by atoms with Crippen molar-refractivity contribution in [2.24, 2.45) is 4.99 Å². The summed E-state index contributed by atoms with van der Waals surface area (Å²) in [7, 11) is 0. The molecule has 2 aromatic carbocycles. The highest BCUT2D eigenvalue weighted by molar-refractivity contribution is 9.10. The van der Waals surface area contributed by atoms with Gasteiger partial charge in [0, 0.05) is 16.8 Å². The van der Waals surface area contributed by atoms with E-state index in [1.165, 1.54) is 0 Å². The summed E-state index contributed by atoms with van der Waals surface area (Å²) >= 11 is 9.13. The van der Waals surface area contributed by atoms with Crippen LogP contribution in [0.1, 0.15) is 5.56 Å². The van der Waals surface area contributed by atoms with Crippen molar-refractivity contribution in [1.29, 1.82) is 0 Å². The Labute approximate surface area is 113 Å². The summed E-state index contributed by atoms with van der Waals surface area (Å²) in [5.41, 5.74) is 1.40. The van der Waals surface area contributed by atoms with E-state index in [1.54, 1.807) is 18.3 Å². The highest BCUT2D eigenvalue weighted by Gasteiger charge is 2.05. The average molecular weight is 311 g/mol. The number of nitrogens with zero attached hydrogens (tertiary/aromatic N) is 1. The van der Waals surface area contributed by atoms with E-state index < -0.39 is 0 Å². The number of hydrogen-bond acceptors (Lipinski definition) is 2. The Bertz CT molecular complexity index is 555. The van der Waals surface area contributed by atoms with Gasteiger partial charge in [-0.2, -0.15) is 0 Å². The first-order valence-electron chi connectivity index (χ1n) is 4.94. The molecule has 2 nitrogen and oxygen atoms in total. The number of benzene rings is 2. The Kier molecular flexibility index (Phi) is 3.82. The summed E-state index contributed by atoms with van der Waals surface area (Å²) in [6.07, 6.45) is 1.58. The molecule has 0 aliphatic carbocycles. The lowest BCUT2D eigenvalue weighted by molar-refractivity contribution is 0.471. The van der Waals surface area contributed by atoms with Crippen LogP contribution in [0, 0.1) is 0 Å². The van der Waals surface area contributed by atoms with Crippen LogP contribution in [-0.4, -0.2) is 11.3 Å². The first-order valence-corrected chi connectivity index (χ1v) is 6.11. The summed E-state index contributed by atoms with van der Waals surface area (Å²) in [4.78, 5) is 4.26. The van der Waals surface area contributed by atoms with Crippen LogP contribution >= 0.6 is 27.5 Å². The fourth-order valence-electron chi connectivity index (χ4n) is 1.34. The maximum Gasteiger partial charge on any atom is 0.138 e. The van der Waals surface area contributed by atoms with Gasteiger partial charge in [-0.3, -0.25) is 4.99 Å². The smallest absolute Gasteiger partial charge is 0.138 e. The van der Waals surface area contributed by atoms with E-state index in [4.69, 9.17) is 11.6 Å². The summed E-state index contributed by atoms with van der Waals surface area (Å²) in [5.74, 6) is 0.133. The molecule has 2 rings (SSSR count). The van der Waals surface area contributed by atoms with Gasteiger partial charge < -0.3 is 5.11 Å². The number of rotatable bonds is 2. The molecule has 86 valence electrons. The molecule has 2 aromatic rings. The van der Waals surface area contributed by atoms with E-state index in [-0.39, 0.29) is 5.75 Å². The van der Waals surface area contributed by atoms with Gasteiger partial charge in [0.2, 0.25) is 0 Å². The van der Waals surface area contributed by atoms with Crippen molar-refractivity contribution in [2.45, 2.75) is 0 Å². The van der Waals surface area contributed by atoms with Crippen molar-refractivity contribution in [1.82, 2.24) is 0 Å². The molecule has 4 heteroatoms. The van der Waals surface area contributed by atoms with Gasteiger partial charge in [0.25, 0.3) is 0 Å². The summed E-state index contributed by atoms with van der Waals surface area (Å²) in [6.45, 7) is 0. The van der Waals surface area contributed by atoms with E-state index >= 15 is 0 Å². The molecule has 0 unspecified atom stereocenters. The quantitative estimate of drug-likeness (QED) is 0.810. The maximum atomic E-state index is 9.80. The van der Waals surface area contributed by atoms with E-state index in [0.717, 1.165) is 5.69 Å². The van der Waals surface area contributed by atoms with Crippen LogP contribution in [0.25, 0.3) is 0 Å². The second-order valence-corrected chi connectivity index (χ2v) is 4.71. The largest absolute Gasteiger partial charge is 0.506 e. The Morgan fingerprint density at radius 1 is 1.18 bits per heavy atom. The molecule has 1 N–H and O–H groups in total. The van der Waals surface area contributed by atoms with E-state index in [2.05, 4.69) is 20.9 Å². The van der Waals surface area contributed by atoms with Gasteiger partial charge in [-0.1, -0.05) is 29.8 Å². The lowest BCUT2D eigenvalue weighted by Gasteiger charge is -2.02. The van der Waals surface area contributed by atoms with Gasteiger partial charge in [0.05, 0.1) is 10.2 Å². The predicted molar refractivity (Wildman–Crippen MR) is 74.5 cm³/mol. The minimum Gasteiger partial charge on any atom is -0.506 e. The standard InChI is InChI=1S/C13H9BrClNO/c14-12-7-10(15)6-9(13(12)17)8-16-11-4-2-1-3-5-11/h1-8,17H/b16-8+. The number of halogens is 2. The summed E-state index contributed by atoms with van der Waals surface area (Å²) < 4.78 is 0.555. The van der Waals surface area contributed by atoms with Gasteiger partial charge >= 0.3 is 0 Å². The molecule has 0 saturated carbocycles. The SMILES string of the molecule is Oc1c(Br)cc(Cl)cc1/C=N/c1ccccc1. The monoisotopic (exact) mass is 309 g/mol. The van der Waals surface area contributed by atoms with Crippen LogP contribution < -0.4 is 0 Å². The molecule has 0 saturated heterocycles. The second-order valence-electron chi connectivity index (χ2n) is 3.42. The zero-order valence-electron chi connectivity index (χ0n) is 8.77. The minimum atomic E-state index is 0.133. The van der Waals surface area contributed by atoms with Crippen LogP contribution in [0.3, 0.4) is 0 Å². The molecule has 0 aliphatic rings. The number of phenols is 1. The molecule has 0 bridgehead atoms. The van der Waals surface area contributed by atoms with Gasteiger partial charge in [0.15, 0.2) is 0 Å². The zero-order valence-corrected chi connectivity index (χ0v) is 11.1. The maximum absolute atomic E-state index is 9.80. The first-order chi connectivity index (χ1) is 8.16. The fraction of sp³-hybridized carbons (Fsp3) is 0. The lowest BCUT2D eigenvalue weighted by Crippen LogP contribution is -1.84. The van der Waals surface area contributed by atoms with Gasteiger partial charge in [0.1, 0.15) is 5.75 Å². The van der Waals surface area contributed by atoms with Crippen molar-refractivity contribution in [3.05, 3.63) is 57.5 Å². The Morgan fingerprint density at radius 3 is 2.59 bits per heavy atom. The number of phenolic OH excluding ortho intramolecular Hbond substituents is 1. The fourth-order valence-corrected chi connectivity index (χ4v) is 2.18. The molecular weight excluding hydrogens is 302 g/mol. The van der Waals surface area contributed by atoms with Crippen molar-refractivity contribution in [3.8, 4) is 5.75 Å².